The number of hydrogen-bond donors (Lipinski definition) is 1. The van der Waals surface area contributed by atoms with Gasteiger partial charge in [-0.2, -0.15) is 0 Å². The van der Waals surface area contributed by atoms with E-state index in [0.29, 0.717) is 6.61 Å². The average molecular weight is 172 g/mol. The fourth-order valence-corrected chi connectivity index (χ4v) is 2.36. The van der Waals surface area contributed by atoms with Crippen LogP contribution in [0.3, 0.4) is 0 Å². The summed E-state index contributed by atoms with van der Waals surface area (Å²) >= 11 is 0. The van der Waals surface area contributed by atoms with E-state index in [1.807, 2.05) is 0 Å². The summed E-state index contributed by atoms with van der Waals surface area (Å²) in [6.07, 6.45) is 3.65. The third kappa shape index (κ3) is 1.64. The first-order valence-electron chi connectivity index (χ1n) is 5.07. The maximum atomic E-state index is 8.80. The summed E-state index contributed by atoms with van der Waals surface area (Å²) in [4.78, 5) is 0. The smallest absolute Gasteiger partial charge is 0.0864 e. The molecule has 1 saturated heterocycles. The van der Waals surface area contributed by atoms with E-state index < -0.39 is 0 Å². The summed E-state index contributed by atoms with van der Waals surface area (Å²) < 4.78 is 1.17. The molecule has 2 unspecified atom stereocenters. The van der Waals surface area contributed by atoms with E-state index in [0.717, 1.165) is 25.0 Å². The third-order valence-electron chi connectivity index (χ3n) is 3.81. The Balaban J connectivity index is 2.53. The molecule has 72 valence electrons. The van der Waals surface area contributed by atoms with Crippen LogP contribution < -0.4 is 0 Å². The van der Waals surface area contributed by atoms with Crippen molar-refractivity contribution in [1.29, 1.82) is 0 Å². The zero-order valence-corrected chi connectivity index (χ0v) is 8.58. The Hall–Kier alpha value is -0.0800. The molecule has 1 N–H and O–H groups in total. The van der Waals surface area contributed by atoms with Gasteiger partial charge in [0.25, 0.3) is 0 Å². The molecule has 1 heterocycles. The Labute approximate surface area is 75.8 Å². The highest BCUT2D eigenvalue weighted by Crippen LogP contribution is 2.30. The normalized spacial score (nSPS) is 42.0. The Morgan fingerprint density at radius 1 is 1.25 bits per heavy atom. The van der Waals surface area contributed by atoms with E-state index in [4.69, 9.17) is 5.11 Å². The number of aliphatic hydroxyl groups is 1. The van der Waals surface area contributed by atoms with Gasteiger partial charge in [0.15, 0.2) is 0 Å². The molecule has 2 heteroatoms. The summed E-state index contributed by atoms with van der Waals surface area (Å²) in [7, 11) is 2.33. The Kier molecular flexibility index (Phi) is 3.13. The van der Waals surface area contributed by atoms with Crippen molar-refractivity contribution in [3.05, 3.63) is 0 Å². The molecule has 12 heavy (non-hydrogen) atoms. The summed E-state index contributed by atoms with van der Waals surface area (Å²) in [5.74, 6) is 0. The molecule has 0 aromatic heterocycles. The number of nitrogens with zero attached hydrogens (tertiary/aromatic N) is 1. The van der Waals surface area contributed by atoms with Gasteiger partial charge < -0.3 is 9.59 Å². The second-order valence-electron chi connectivity index (χ2n) is 4.42. The molecule has 0 spiro atoms. The maximum Gasteiger partial charge on any atom is 0.0864 e. The highest BCUT2D eigenvalue weighted by molar-refractivity contribution is 4.69. The average Bonchev–Trinajstić information content (AvgIpc) is 2.30. The first-order chi connectivity index (χ1) is 5.61. The molecule has 0 aliphatic carbocycles. The quantitative estimate of drug-likeness (QED) is 0.638. The van der Waals surface area contributed by atoms with Crippen molar-refractivity contribution in [3.8, 4) is 0 Å². The largest absolute Gasteiger partial charge is 0.396 e. The molecule has 0 bridgehead atoms. The van der Waals surface area contributed by atoms with Crippen LogP contribution in [0, 0.1) is 0 Å². The van der Waals surface area contributed by atoms with Gasteiger partial charge in [-0.3, -0.25) is 0 Å². The molecule has 0 aromatic carbocycles. The first-order valence-corrected chi connectivity index (χ1v) is 5.07. The van der Waals surface area contributed by atoms with Crippen molar-refractivity contribution in [3.63, 3.8) is 0 Å². The minimum Gasteiger partial charge on any atom is -0.396 e. The summed E-state index contributed by atoms with van der Waals surface area (Å²) in [5, 5.41) is 8.80. The number of aliphatic hydroxyl groups excluding tert-OH is 1. The second-order valence-corrected chi connectivity index (χ2v) is 4.42. The van der Waals surface area contributed by atoms with Crippen LogP contribution in [0.5, 0.6) is 0 Å². The van der Waals surface area contributed by atoms with Crippen molar-refractivity contribution >= 4 is 0 Å². The summed E-state index contributed by atoms with van der Waals surface area (Å²) in [6, 6.07) is 1.57. The number of likely N-dealkylation sites (tertiary alicyclic amines) is 1. The zero-order chi connectivity index (χ0) is 9.19. The minimum absolute atomic E-state index is 0.341. The van der Waals surface area contributed by atoms with Gasteiger partial charge in [-0.05, 0) is 13.8 Å². The van der Waals surface area contributed by atoms with Crippen LogP contribution >= 0.6 is 0 Å². The van der Waals surface area contributed by atoms with E-state index in [1.165, 1.54) is 17.3 Å². The molecule has 2 atom stereocenters. The Morgan fingerprint density at radius 2 is 1.75 bits per heavy atom. The SMILES string of the molecule is CC1CCC(C)[N+]1(C)CCCO. The van der Waals surface area contributed by atoms with Gasteiger partial charge in [0.2, 0.25) is 0 Å². The Morgan fingerprint density at radius 3 is 2.17 bits per heavy atom. The lowest BCUT2D eigenvalue weighted by Gasteiger charge is -2.38. The van der Waals surface area contributed by atoms with Gasteiger partial charge in [0.05, 0.1) is 25.7 Å². The van der Waals surface area contributed by atoms with Gasteiger partial charge in [-0.1, -0.05) is 0 Å². The fraction of sp³-hybridized carbons (Fsp3) is 1.00. The third-order valence-corrected chi connectivity index (χ3v) is 3.81. The van der Waals surface area contributed by atoms with E-state index in [1.54, 1.807) is 0 Å². The van der Waals surface area contributed by atoms with Gasteiger partial charge in [-0.25, -0.2) is 0 Å². The predicted molar refractivity (Wildman–Crippen MR) is 50.9 cm³/mol. The van der Waals surface area contributed by atoms with Crippen molar-refractivity contribution < 1.29 is 9.59 Å². The van der Waals surface area contributed by atoms with Crippen LogP contribution in [0.25, 0.3) is 0 Å². The monoisotopic (exact) mass is 172 g/mol. The molecule has 0 radical (unpaired) electrons. The maximum absolute atomic E-state index is 8.80. The van der Waals surface area contributed by atoms with Gasteiger partial charge in [-0.15, -0.1) is 0 Å². The molecule has 1 aliphatic rings. The molecule has 1 fully saturated rings. The molecule has 0 aromatic rings. The summed E-state index contributed by atoms with van der Waals surface area (Å²) in [5.41, 5.74) is 0. The van der Waals surface area contributed by atoms with Gasteiger partial charge in [0.1, 0.15) is 0 Å². The molecule has 0 saturated carbocycles. The highest BCUT2D eigenvalue weighted by Gasteiger charge is 2.40. The zero-order valence-electron chi connectivity index (χ0n) is 8.58. The molecule has 1 rings (SSSR count). The predicted octanol–water partition coefficient (Wildman–Crippen LogP) is 1.39. The first kappa shape index (κ1) is 10.0. The molecule has 0 amide bonds. The molecular weight excluding hydrogens is 150 g/mol. The molecule has 2 nitrogen and oxygen atoms in total. The van der Waals surface area contributed by atoms with Crippen LogP contribution in [-0.2, 0) is 0 Å². The van der Waals surface area contributed by atoms with E-state index in [9.17, 15) is 0 Å². The van der Waals surface area contributed by atoms with Crippen LogP contribution in [0.15, 0.2) is 0 Å². The van der Waals surface area contributed by atoms with E-state index >= 15 is 0 Å². The fourth-order valence-electron chi connectivity index (χ4n) is 2.36. The van der Waals surface area contributed by atoms with Crippen LogP contribution in [0.2, 0.25) is 0 Å². The van der Waals surface area contributed by atoms with Crippen LogP contribution in [0.4, 0.5) is 0 Å². The van der Waals surface area contributed by atoms with Crippen molar-refractivity contribution in [2.45, 2.75) is 45.2 Å². The van der Waals surface area contributed by atoms with Crippen molar-refractivity contribution in [2.75, 3.05) is 20.2 Å². The topological polar surface area (TPSA) is 20.2 Å². The van der Waals surface area contributed by atoms with Crippen molar-refractivity contribution in [2.24, 2.45) is 0 Å². The molecule has 1 aliphatic heterocycles. The summed E-state index contributed by atoms with van der Waals surface area (Å²) in [6.45, 7) is 6.15. The lowest BCUT2D eigenvalue weighted by atomic mass is 10.2. The van der Waals surface area contributed by atoms with Crippen molar-refractivity contribution in [1.82, 2.24) is 0 Å². The van der Waals surface area contributed by atoms with Gasteiger partial charge >= 0.3 is 0 Å². The highest BCUT2D eigenvalue weighted by atomic mass is 16.3. The number of hydrogen-bond acceptors (Lipinski definition) is 1. The minimum atomic E-state index is 0.341. The van der Waals surface area contributed by atoms with Crippen LogP contribution in [0.1, 0.15) is 33.1 Å². The number of rotatable bonds is 3. The van der Waals surface area contributed by atoms with E-state index in [-0.39, 0.29) is 0 Å². The Bertz CT molecular complexity index is 137. The second kappa shape index (κ2) is 3.75. The lowest BCUT2D eigenvalue weighted by molar-refractivity contribution is -0.940. The van der Waals surface area contributed by atoms with E-state index in [2.05, 4.69) is 20.9 Å². The van der Waals surface area contributed by atoms with Gasteiger partial charge in [0, 0.05) is 25.9 Å². The number of quaternary nitrogens is 1. The van der Waals surface area contributed by atoms with Crippen LogP contribution in [-0.4, -0.2) is 41.9 Å². The lowest BCUT2D eigenvalue weighted by Crippen LogP contribution is -2.52. The molecular formula is C10H22NO+. The standard InChI is InChI=1S/C10H22NO/c1-9-5-6-10(2)11(9,3)7-4-8-12/h9-10,12H,4-8H2,1-3H3/q+1.